The number of benzene rings is 1. The molecule has 0 saturated carbocycles. The summed E-state index contributed by atoms with van der Waals surface area (Å²) in [5.74, 6) is 0. The van der Waals surface area contributed by atoms with Crippen LogP contribution in [0.5, 0.6) is 0 Å². The molecule has 0 saturated heterocycles. The molecule has 0 spiro atoms. The van der Waals surface area contributed by atoms with Gasteiger partial charge in [-0.3, -0.25) is 4.68 Å². The fourth-order valence-electron chi connectivity index (χ4n) is 2.13. The SMILES string of the molecule is Cn1nc(C(N)c2cscc2Br)c2ccccc21. The third kappa shape index (κ3) is 1.79. The molecular formula is C13H12BrN3S. The van der Waals surface area contributed by atoms with Crippen LogP contribution in [0.25, 0.3) is 10.9 Å². The lowest BCUT2D eigenvalue weighted by Gasteiger charge is -2.08. The predicted molar refractivity (Wildman–Crippen MR) is 78.8 cm³/mol. The first kappa shape index (κ1) is 11.9. The summed E-state index contributed by atoms with van der Waals surface area (Å²) in [6.07, 6.45) is 0. The van der Waals surface area contributed by atoms with Crippen molar-refractivity contribution in [1.82, 2.24) is 9.78 Å². The molecule has 3 rings (SSSR count). The van der Waals surface area contributed by atoms with E-state index in [0.29, 0.717) is 0 Å². The summed E-state index contributed by atoms with van der Waals surface area (Å²) >= 11 is 5.17. The molecule has 0 aliphatic carbocycles. The van der Waals surface area contributed by atoms with Crippen molar-refractivity contribution in [2.45, 2.75) is 6.04 Å². The number of hydrogen-bond acceptors (Lipinski definition) is 3. The molecule has 1 atom stereocenters. The van der Waals surface area contributed by atoms with Crippen molar-refractivity contribution in [3.63, 3.8) is 0 Å². The van der Waals surface area contributed by atoms with Crippen molar-refractivity contribution >= 4 is 38.2 Å². The molecule has 18 heavy (non-hydrogen) atoms. The Labute approximate surface area is 117 Å². The molecule has 1 aromatic carbocycles. The Morgan fingerprint density at radius 1 is 1.33 bits per heavy atom. The van der Waals surface area contributed by atoms with E-state index < -0.39 is 0 Å². The minimum atomic E-state index is -0.197. The van der Waals surface area contributed by atoms with E-state index in [0.717, 1.165) is 26.6 Å². The van der Waals surface area contributed by atoms with Crippen LogP contribution in [0.2, 0.25) is 0 Å². The number of fused-ring (bicyclic) bond motifs is 1. The van der Waals surface area contributed by atoms with Gasteiger partial charge in [0, 0.05) is 22.3 Å². The van der Waals surface area contributed by atoms with Crippen LogP contribution in [0.3, 0.4) is 0 Å². The van der Waals surface area contributed by atoms with E-state index in [1.54, 1.807) is 11.3 Å². The Morgan fingerprint density at radius 3 is 2.83 bits per heavy atom. The summed E-state index contributed by atoms with van der Waals surface area (Å²) in [7, 11) is 1.95. The van der Waals surface area contributed by atoms with Gasteiger partial charge < -0.3 is 5.73 Å². The normalized spacial score (nSPS) is 13.1. The third-order valence-electron chi connectivity index (χ3n) is 3.06. The summed E-state index contributed by atoms with van der Waals surface area (Å²) in [5, 5.41) is 9.79. The minimum absolute atomic E-state index is 0.197. The maximum Gasteiger partial charge on any atom is 0.0916 e. The van der Waals surface area contributed by atoms with Crippen molar-refractivity contribution in [2.24, 2.45) is 12.8 Å². The number of aryl methyl sites for hydroxylation is 1. The van der Waals surface area contributed by atoms with Crippen molar-refractivity contribution < 1.29 is 0 Å². The van der Waals surface area contributed by atoms with E-state index >= 15 is 0 Å². The second-order valence-electron chi connectivity index (χ2n) is 4.18. The molecule has 3 nitrogen and oxygen atoms in total. The molecule has 3 aromatic rings. The Kier molecular flexibility index (Phi) is 2.97. The molecule has 0 fully saturated rings. The van der Waals surface area contributed by atoms with Gasteiger partial charge in [-0.1, -0.05) is 18.2 Å². The topological polar surface area (TPSA) is 43.8 Å². The largest absolute Gasteiger partial charge is 0.319 e. The zero-order chi connectivity index (χ0) is 12.7. The minimum Gasteiger partial charge on any atom is -0.319 e. The van der Waals surface area contributed by atoms with Gasteiger partial charge in [0.1, 0.15) is 0 Å². The summed E-state index contributed by atoms with van der Waals surface area (Å²) < 4.78 is 2.93. The molecule has 0 amide bonds. The van der Waals surface area contributed by atoms with Crippen molar-refractivity contribution in [3.05, 3.63) is 50.8 Å². The van der Waals surface area contributed by atoms with Gasteiger partial charge >= 0.3 is 0 Å². The summed E-state index contributed by atoms with van der Waals surface area (Å²) in [5.41, 5.74) is 9.46. The zero-order valence-electron chi connectivity index (χ0n) is 9.80. The van der Waals surface area contributed by atoms with E-state index in [1.807, 2.05) is 29.2 Å². The van der Waals surface area contributed by atoms with Crippen LogP contribution >= 0.6 is 27.3 Å². The van der Waals surface area contributed by atoms with Gasteiger partial charge in [-0.25, -0.2) is 0 Å². The van der Waals surface area contributed by atoms with Crippen LogP contribution in [-0.2, 0) is 7.05 Å². The number of thiophene rings is 1. The summed E-state index contributed by atoms with van der Waals surface area (Å²) in [6.45, 7) is 0. The van der Waals surface area contributed by atoms with E-state index in [2.05, 4.69) is 38.5 Å². The molecule has 2 heterocycles. The van der Waals surface area contributed by atoms with Gasteiger partial charge in [0.05, 0.1) is 17.3 Å². The maximum absolute atomic E-state index is 6.34. The molecule has 1 unspecified atom stereocenters. The first-order valence-corrected chi connectivity index (χ1v) is 7.31. The highest BCUT2D eigenvalue weighted by Crippen LogP contribution is 2.32. The highest BCUT2D eigenvalue weighted by atomic mass is 79.9. The van der Waals surface area contributed by atoms with E-state index in [4.69, 9.17) is 5.73 Å². The quantitative estimate of drug-likeness (QED) is 0.785. The van der Waals surface area contributed by atoms with Crippen LogP contribution in [0.15, 0.2) is 39.5 Å². The van der Waals surface area contributed by atoms with Crippen molar-refractivity contribution in [3.8, 4) is 0 Å². The predicted octanol–water partition coefficient (Wildman–Crippen LogP) is 3.45. The standard InChI is InChI=1S/C13H12BrN3S/c1-17-11-5-3-2-4-8(11)13(16-17)12(15)9-6-18-7-10(9)14/h2-7,12H,15H2,1H3. The number of aromatic nitrogens is 2. The van der Waals surface area contributed by atoms with Gasteiger partial charge in [-0.2, -0.15) is 16.4 Å². The fraction of sp³-hybridized carbons (Fsp3) is 0.154. The van der Waals surface area contributed by atoms with Crippen LogP contribution in [-0.4, -0.2) is 9.78 Å². The Morgan fingerprint density at radius 2 is 2.11 bits per heavy atom. The smallest absolute Gasteiger partial charge is 0.0916 e. The molecule has 0 aliphatic rings. The van der Waals surface area contributed by atoms with Crippen LogP contribution in [0.4, 0.5) is 0 Å². The average molecular weight is 322 g/mol. The number of nitrogens with two attached hydrogens (primary N) is 1. The summed E-state index contributed by atoms with van der Waals surface area (Å²) in [6, 6.07) is 7.96. The molecule has 2 aromatic heterocycles. The first-order chi connectivity index (χ1) is 8.68. The molecule has 2 N–H and O–H groups in total. The Bertz CT molecular complexity index is 701. The number of para-hydroxylation sites is 1. The Balaban J connectivity index is 2.18. The van der Waals surface area contributed by atoms with Gasteiger partial charge in [0.25, 0.3) is 0 Å². The van der Waals surface area contributed by atoms with Crippen molar-refractivity contribution in [1.29, 1.82) is 0 Å². The van der Waals surface area contributed by atoms with Gasteiger partial charge in [-0.15, -0.1) is 0 Å². The second-order valence-corrected chi connectivity index (χ2v) is 5.78. The zero-order valence-corrected chi connectivity index (χ0v) is 12.2. The number of hydrogen-bond donors (Lipinski definition) is 1. The van der Waals surface area contributed by atoms with Gasteiger partial charge in [-0.05, 0) is 32.9 Å². The molecule has 92 valence electrons. The van der Waals surface area contributed by atoms with E-state index in [1.165, 1.54) is 0 Å². The van der Waals surface area contributed by atoms with Crippen LogP contribution < -0.4 is 5.73 Å². The summed E-state index contributed by atoms with van der Waals surface area (Å²) in [4.78, 5) is 0. The molecule has 0 radical (unpaired) electrons. The molecule has 5 heteroatoms. The lowest BCUT2D eigenvalue weighted by Crippen LogP contribution is -2.12. The molecule has 0 bridgehead atoms. The molecule has 0 aliphatic heterocycles. The van der Waals surface area contributed by atoms with Crippen LogP contribution in [0, 0.1) is 0 Å². The number of halogens is 1. The molecular weight excluding hydrogens is 310 g/mol. The highest BCUT2D eigenvalue weighted by Gasteiger charge is 2.19. The highest BCUT2D eigenvalue weighted by molar-refractivity contribution is 9.10. The van der Waals surface area contributed by atoms with Crippen molar-refractivity contribution in [2.75, 3.05) is 0 Å². The lowest BCUT2D eigenvalue weighted by molar-refractivity contribution is 0.732. The fourth-order valence-corrected chi connectivity index (χ4v) is 3.71. The second kappa shape index (κ2) is 4.50. The number of nitrogens with zero attached hydrogens (tertiary/aromatic N) is 2. The maximum atomic E-state index is 6.34. The van der Waals surface area contributed by atoms with Gasteiger partial charge in [0.2, 0.25) is 0 Å². The Hall–Kier alpha value is -1.17. The average Bonchev–Trinajstić information content (AvgIpc) is 2.94. The monoisotopic (exact) mass is 321 g/mol. The van der Waals surface area contributed by atoms with E-state index in [-0.39, 0.29) is 6.04 Å². The van der Waals surface area contributed by atoms with Gasteiger partial charge in [0.15, 0.2) is 0 Å². The first-order valence-electron chi connectivity index (χ1n) is 5.57. The van der Waals surface area contributed by atoms with Crippen LogP contribution in [0.1, 0.15) is 17.3 Å². The van der Waals surface area contributed by atoms with E-state index in [9.17, 15) is 0 Å². The third-order valence-corrected chi connectivity index (χ3v) is 4.81. The number of rotatable bonds is 2. The lowest BCUT2D eigenvalue weighted by atomic mass is 10.1.